The Morgan fingerprint density at radius 1 is 1.45 bits per heavy atom. The summed E-state index contributed by atoms with van der Waals surface area (Å²) in [6, 6.07) is 7.20. The predicted molar refractivity (Wildman–Crippen MR) is 73.1 cm³/mol. The monoisotopic (exact) mass is 278 g/mol. The summed E-state index contributed by atoms with van der Waals surface area (Å²) < 4.78 is 5.34. The number of benzene rings is 1. The van der Waals surface area contributed by atoms with Crippen LogP contribution in [0.1, 0.15) is 12.0 Å². The maximum atomic E-state index is 12.2. The van der Waals surface area contributed by atoms with E-state index >= 15 is 0 Å². The summed E-state index contributed by atoms with van der Waals surface area (Å²) in [6.07, 6.45) is -0.238. The van der Waals surface area contributed by atoms with Gasteiger partial charge in [0, 0.05) is 18.8 Å². The highest BCUT2D eigenvalue weighted by molar-refractivity contribution is 5.79. The third kappa shape index (κ3) is 3.96. The number of carbonyl (C=O) groups is 2. The van der Waals surface area contributed by atoms with E-state index < -0.39 is 12.1 Å². The molecule has 0 bridgehead atoms. The number of carbonyl (C=O) groups excluding carboxylic acids is 1. The molecule has 1 fully saturated rings. The van der Waals surface area contributed by atoms with Crippen molar-refractivity contribution in [3.05, 3.63) is 29.8 Å². The zero-order valence-electron chi connectivity index (χ0n) is 11.1. The van der Waals surface area contributed by atoms with Crippen molar-refractivity contribution in [2.75, 3.05) is 25.4 Å². The number of nitrogens with two attached hydrogens (primary N) is 1. The lowest BCUT2D eigenvalue weighted by Gasteiger charge is -2.32. The summed E-state index contributed by atoms with van der Waals surface area (Å²) in [6.45, 7) is 1.20. The average Bonchev–Trinajstić information content (AvgIpc) is 2.38. The van der Waals surface area contributed by atoms with E-state index in [-0.39, 0.29) is 18.7 Å². The van der Waals surface area contributed by atoms with E-state index in [0.717, 1.165) is 5.56 Å². The second-order valence-electron chi connectivity index (χ2n) is 4.85. The van der Waals surface area contributed by atoms with Crippen molar-refractivity contribution >= 4 is 17.6 Å². The van der Waals surface area contributed by atoms with Crippen molar-refractivity contribution in [3.63, 3.8) is 0 Å². The molecule has 1 aliphatic heterocycles. The summed E-state index contributed by atoms with van der Waals surface area (Å²) in [7, 11) is 0. The Morgan fingerprint density at radius 2 is 2.25 bits per heavy atom. The fraction of sp³-hybridized carbons (Fsp3) is 0.429. The highest BCUT2D eigenvalue weighted by atomic mass is 16.5. The number of morpholine rings is 1. The van der Waals surface area contributed by atoms with E-state index in [2.05, 4.69) is 0 Å². The number of nitrogen functional groups attached to an aromatic ring is 1. The molecule has 1 saturated heterocycles. The van der Waals surface area contributed by atoms with Crippen molar-refractivity contribution in [1.82, 2.24) is 4.90 Å². The Morgan fingerprint density at radius 3 is 2.95 bits per heavy atom. The maximum Gasteiger partial charge on any atom is 0.306 e. The molecule has 108 valence electrons. The zero-order valence-corrected chi connectivity index (χ0v) is 11.1. The Kier molecular flexibility index (Phi) is 4.57. The molecule has 2 rings (SSSR count). The molecule has 1 atom stereocenters. The van der Waals surface area contributed by atoms with E-state index in [1.807, 2.05) is 12.1 Å². The third-order valence-corrected chi connectivity index (χ3v) is 3.20. The second-order valence-corrected chi connectivity index (χ2v) is 4.85. The first-order valence-electron chi connectivity index (χ1n) is 6.50. The molecule has 3 N–H and O–H groups in total. The van der Waals surface area contributed by atoms with E-state index in [9.17, 15) is 9.59 Å². The molecule has 0 aromatic heterocycles. The lowest BCUT2D eigenvalue weighted by atomic mass is 10.1. The quantitative estimate of drug-likeness (QED) is 0.783. The number of anilines is 1. The van der Waals surface area contributed by atoms with Gasteiger partial charge in [-0.3, -0.25) is 9.59 Å². The molecule has 1 unspecified atom stereocenters. The Labute approximate surface area is 117 Å². The molecule has 1 aromatic carbocycles. The standard InChI is InChI=1S/C14H18N2O4/c15-11-3-1-2-10(6-11)7-13(17)16-4-5-20-12(9-16)8-14(18)19/h1-3,6,12H,4-5,7-9,15H2,(H,18,19). The Balaban J connectivity index is 1.93. The number of aliphatic carboxylic acids is 1. The molecule has 6 nitrogen and oxygen atoms in total. The van der Waals surface area contributed by atoms with Gasteiger partial charge in [-0.25, -0.2) is 0 Å². The summed E-state index contributed by atoms with van der Waals surface area (Å²) in [4.78, 5) is 24.5. The molecule has 0 spiro atoms. The molecule has 0 radical (unpaired) electrons. The largest absolute Gasteiger partial charge is 0.481 e. The average molecular weight is 278 g/mol. The van der Waals surface area contributed by atoms with E-state index in [1.54, 1.807) is 17.0 Å². The van der Waals surface area contributed by atoms with Crippen LogP contribution in [0, 0.1) is 0 Å². The van der Waals surface area contributed by atoms with Gasteiger partial charge >= 0.3 is 5.97 Å². The first kappa shape index (κ1) is 14.3. The van der Waals surface area contributed by atoms with Crippen molar-refractivity contribution < 1.29 is 19.4 Å². The molecule has 1 amide bonds. The second kappa shape index (κ2) is 6.38. The highest BCUT2D eigenvalue weighted by Crippen LogP contribution is 2.12. The summed E-state index contributed by atoms with van der Waals surface area (Å²) in [5, 5.41) is 8.76. The minimum absolute atomic E-state index is 0.0331. The zero-order chi connectivity index (χ0) is 14.5. The van der Waals surface area contributed by atoms with E-state index in [1.165, 1.54) is 0 Å². The molecule has 1 aliphatic rings. The number of ether oxygens (including phenoxy) is 1. The van der Waals surface area contributed by atoms with Gasteiger partial charge < -0.3 is 20.5 Å². The molecule has 1 aromatic rings. The van der Waals surface area contributed by atoms with Crippen LogP contribution in [0.25, 0.3) is 0 Å². The van der Waals surface area contributed by atoms with Crippen LogP contribution in [-0.2, 0) is 20.7 Å². The lowest BCUT2D eigenvalue weighted by Crippen LogP contribution is -2.46. The predicted octanol–water partition coefficient (Wildman–Crippen LogP) is 0.513. The number of carboxylic acid groups (broad SMARTS) is 1. The van der Waals surface area contributed by atoms with Gasteiger partial charge in [-0.2, -0.15) is 0 Å². The summed E-state index contributed by atoms with van der Waals surface area (Å²) >= 11 is 0. The van der Waals surface area contributed by atoms with Crippen LogP contribution < -0.4 is 5.73 Å². The lowest BCUT2D eigenvalue weighted by molar-refractivity contribution is -0.147. The molecular formula is C14H18N2O4. The SMILES string of the molecule is Nc1cccc(CC(=O)N2CCOC(CC(=O)O)C2)c1. The van der Waals surface area contributed by atoms with E-state index in [4.69, 9.17) is 15.6 Å². The van der Waals surface area contributed by atoms with E-state index in [0.29, 0.717) is 25.4 Å². The fourth-order valence-corrected chi connectivity index (χ4v) is 2.25. The Bertz CT molecular complexity index is 504. The minimum Gasteiger partial charge on any atom is -0.481 e. The normalized spacial score (nSPS) is 18.8. The number of carboxylic acids is 1. The van der Waals surface area contributed by atoms with Crippen LogP contribution in [0.4, 0.5) is 5.69 Å². The number of rotatable bonds is 4. The van der Waals surface area contributed by atoms with Crippen LogP contribution in [-0.4, -0.2) is 47.7 Å². The van der Waals surface area contributed by atoms with Crippen LogP contribution in [0.2, 0.25) is 0 Å². The Hall–Kier alpha value is -2.08. The van der Waals surface area contributed by atoms with Crippen LogP contribution >= 0.6 is 0 Å². The van der Waals surface area contributed by atoms with Gasteiger partial charge in [0.1, 0.15) is 0 Å². The highest BCUT2D eigenvalue weighted by Gasteiger charge is 2.25. The van der Waals surface area contributed by atoms with Crippen LogP contribution in [0.3, 0.4) is 0 Å². The summed E-state index contributed by atoms with van der Waals surface area (Å²) in [5.74, 6) is -0.950. The first-order chi connectivity index (χ1) is 9.54. The topological polar surface area (TPSA) is 92.9 Å². The minimum atomic E-state index is -0.917. The van der Waals surface area contributed by atoms with Crippen molar-refractivity contribution in [1.29, 1.82) is 0 Å². The smallest absolute Gasteiger partial charge is 0.306 e. The molecular weight excluding hydrogens is 260 g/mol. The van der Waals surface area contributed by atoms with Gasteiger partial charge in [-0.1, -0.05) is 12.1 Å². The van der Waals surface area contributed by atoms with Gasteiger partial charge in [0.15, 0.2) is 0 Å². The number of hydrogen-bond acceptors (Lipinski definition) is 4. The number of hydrogen-bond donors (Lipinski definition) is 2. The summed E-state index contributed by atoms with van der Waals surface area (Å²) in [5.41, 5.74) is 7.16. The molecule has 20 heavy (non-hydrogen) atoms. The van der Waals surface area contributed by atoms with Gasteiger partial charge in [0.25, 0.3) is 0 Å². The number of nitrogens with zero attached hydrogens (tertiary/aromatic N) is 1. The van der Waals surface area contributed by atoms with Crippen molar-refractivity contribution in [2.24, 2.45) is 0 Å². The van der Waals surface area contributed by atoms with Gasteiger partial charge in [-0.05, 0) is 17.7 Å². The van der Waals surface area contributed by atoms with Crippen LogP contribution in [0.5, 0.6) is 0 Å². The van der Waals surface area contributed by atoms with Gasteiger partial charge in [0.05, 0.1) is 25.6 Å². The molecule has 6 heteroatoms. The fourth-order valence-electron chi connectivity index (χ4n) is 2.25. The number of amides is 1. The van der Waals surface area contributed by atoms with Gasteiger partial charge in [0.2, 0.25) is 5.91 Å². The molecule has 1 heterocycles. The van der Waals surface area contributed by atoms with Gasteiger partial charge in [-0.15, -0.1) is 0 Å². The molecule has 0 saturated carbocycles. The van der Waals surface area contributed by atoms with Crippen molar-refractivity contribution in [3.8, 4) is 0 Å². The first-order valence-corrected chi connectivity index (χ1v) is 6.50. The third-order valence-electron chi connectivity index (χ3n) is 3.20. The van der Waals surface area contributed by atoms with Crippen molar-refractivity contribution in [2.45, 2.75) is 18.9 Å². The van der Waals surface area contributed by atoms with Crippen LogP contribution in [0.15, 0.2) is 24.3 Å². The molecule has 0 aliphatic carbocycles. The maximum absolute atomic E-state index is 12.2.